The van der Waals surface area contributed by atoms with E-state index in [1.165, 1.54) is 12.1 Å². The van der Waals surface area contributed by atoms with E-state index in [0.717, 1.165) is 24.3 Å². The molecule has 0 saturated heterocycles. The first-order valence-electron chi connectivity index (χ1n) is 12.5. The standard InChI is InChI=1S/C26H32N6O10/c1-25(2,3)41-23(35)29-19-13-15(31(37)38)7-9-17(19)27-21(33)11-12-22(34)28-18-10-8-16(32(39)40)14-20(18)30-24(36)42-26(4,5)6/h7-10,13-14H,11-12H2,1-6H3,(H,27,33)(H,28,34)(H,29,35)(H,30,36). The van der Waals surface area contributed by atoms with Crippen LogP contribution in [0.5, 0.6) is 0 Å². The SMILES string of the molecule is CC(C)(C)OC(=O)Nc1cc([N+](=O)[O-])ccc1NC(=O)CCC(=O)Nc1ccc([N+](=O)[O-])cc1NC(=O)OC(C)(C)C. The molecular weight excluding hydrogens is 556 g/mol. The normalized spacial score (nSPS) is 11.1. The van der Waals surface area contributed by atoms with Crippen LogP contribution < -0.4 is 21.3 Å². The zero-order chi connectivity index (χ0) is 31.8. The molecule has 0 aliphatic carbocycles. The third kappa shape index (κ3) is 11.1. The van der Waals surface area contributed by atoms with Crippen molar-refractivity contribution in [3.63, 3.8) is 0 Å². The molecule has 0 atom stereocenters. The molecule has 0 bridgehead atoms. The number of ether oxygens (including phenoxy) is 2. The molecule has 0 saturated carbocycles. The van der Waals surface area contributed by atoms with Gasteiger partial charge in [0.2, 0.25) is 11.8 Å². The number of nitro groups is 2. The van der Waals surface area contributed by atoms with Crippen molar-refractivity contribution in [2.75, 3.05) is 21.3 Å². The highest BCUT2D eigenvalue weighted by Gasteiger charge is 2.22. The molecule has 0 fully saturated rings. The Hall–Kier alpha value is -5.28. The van der Waals surface area contributed by atoms with Crippen LogP contribution in [0.25, 0.3) is 0 Å². The number of non-ortho nitro benzene ring substituents is 2. The maximum Gasteiger partial charge on any atom is 0.412 e. The predicted octanol–water partition coefficient (Wildman–Crippen LogP) is 5.55. The van der Waals surface area contributed by atoms with Crippen molar-refractivity contribution in [2.45, 2.75) is 65.6 Å². The second kappa shape index (κ2) is 13.4. The Labute approximate surface area is 240 Å². The average molecular weight is 589 g/mol. The smallest absolute Gasteiger partial charge is 0.412 e. The third-order valence-corrected chi connectivity index (χ3v) is 4.83. The number of carbonyl (C=O) groups excluding carboxylic acids is 4. The molecule has 226 valence electrons. The van der Waals surface area contributed by atoms with Gasteiger partial charge in [-0.2, -0.15) is 0 Å². The van der Waals surface area contributed by atoms with E-state index in [1.807, 2.05) is 0 Å². The van der Waals surface area contributed by atoms with Crippen molar-refractivity contribution < 1.29 is 38.5 Å². The lowest BCUT2D eigenvalue weighted by Gasteiger charge is -2.20. The van der Waals surface area contributed by atoms with Crippen LogP contribution in [-0.4, -0.2) is 45.0 Å². The van der Waals surface area contributed by atoms with Gasteiger partial charge in [-0.1, -0.05) is 0 Å². The van der Waals surface area contributed by atoms with Gasteiger partial charge in [0.15, 0.2) is 0 Å². The monoisotopic (exact) mass is 588 g/mol. The summed E-state index contributed by atoms with van der Waals surface area (Å²) in [6, 6.07) is 6.76. The van der Waals surface area contributed by atoms with E-state index < -0.39 is 45.0 Å². The van der Waals surface area contributed by atoms with Crippen LogP contribution in [0, 0.1) is 20.2 Å². The van der Waals surface area contributed by atoms with Crippen LogP contribution in [0.3, 0.4) is 0 Å². The van der Waals surface area contributed by atoms with E-state index in [2.05, 4.69) is 21.3 Å². The van der Waals surface area contributed by atoms with Crippen molar-refractivity contribution in [2.24, 2.45) is 0 Å². The Balaban J connectivity index is 2.12. The second-order valence-electron chi connectivity index (χ2n) is 10.8. The highest BCUT2D eigenvalue weighted by molar-refractivity contribution is 6.02. The van der Waals surface area contributed by atoms with Gasteiger partial charge in [-0.3, -0.25) is 40.5 Å². The van der Waals surface area contributed by atoms with Crippen molar-refractivity contribution >= 4 is 58.1 Å². The fraction of sp³-hybridized carbons (Fsp3) is 0.385. The van der Waals surface area contributed by atoms with Gasteiger partial charge < -0.3 is 20.1 Å². The summed E-state index contributed by atoms with van der Waals surface area (Å²) in [6.45, 7) is 9.76. The van der Waals surface area contributed by atoms with Gasteiger partial charge in [0.05, 0.1) is 32.6 Å². The molecular formula is C26H32N6O10. The molecule has 0 heterocycles. The molecule has 2 rings (SSSR count). The van der Waals surface area contributed by atoms with Crippen molar-refractivity contribution in [1.29, 1.82) is 0 Å². The van der Waals surface area contributed by atoms with E-state index in [0.29, 0.717) is 0 Å². The molecule has 0 aliphatic heterocycles. The quantitative estimate of drug-likeness (QED) is 0.211. The number of nitrogens with one attached hydrogen (secondary N) is 4. The molecule has 4 amide bonds. The zero-order valence-electron chi connectivity index (χ0n) is 23.9. The molecule has 2 aromatic carbocycles. The Morgan fingerprint density at radius 1 is 0.619 bits per heavy atom. The van der Waals surface area contributed by atoms with Crippen LogP contribution in [0.4, 0.5) is 43.7 Å². The molecule has 16 nitrogen and oxygen atoms in total. The molecule has 2 aromatic rings. The zero-order valence-corrected chi connectivity index (χ0v) is 23.9. The molecule has 16 heteroatoms. The Morgan fingerprint density at radius 2 is 0.952 bits per heavy atom. The average Bonchev–Trinajstić information content (AvgIpc) is 2.82. The molecule has 42 heavy (non-hydrogen) atoms. The number of rotatable bonds is 9. The Kier molecular flexibility index (Phi) is 10.5. The van der Waals surface area contributed by atoms with Gasteiger partial charge in [-0.05, 0) is 53.7 Å². The van der Waals surface area contributed by atoms with E-state index in [1.54, 1.807) is 41.5 Å². The lowest BCUT2D eigenvalue weighted by molar-refractivity contribution is -0.385. The minimum atomic E-state index is -0.906. The van der Waals surface area contributed by atoms with Gasteiger partial charge in [-0.15, -0.1) is 0 Å². The maximum atomic E-state index is 12.6. The van der Waals surface area contributed by atoms with Gasteiger partial charge in [0, 0.05) is 37.1 Å². The van der Waals surface area contributed by atoms with E-state index >= 15 is 0 Å². The van der Waals surface area contributed by atoms with Crippen molar-refractivity contribution in [1.82, 2.24) is 0 Å². The number of benzene rings is 2. The summed E-state index contributed by atoms with van der Waals surface area (Å²) in [5.41, 5.74) is -2.55. The third-order valence-electron chi connectivity index (χ3n) is 4.83. The summed E-state index contributed by atoms with van der Waals surface area (Å²) < 4.78 is 10.3. The molecule has 0 radical (unpaired) electrons. The van der Waals surface area contributed by atoms with Crippen LogP contribution in [0.1, 0.15) is 54.4 Å². The summed E-state index contributed by atoms with van der Waals surface area (Å²) >= 11 is 0. The fourth-order valence-corrected chi connectivity index (χ4v) is 3.20. The molecule has 0 aromatic heterocycles. The highest BCUT2D eigenvalue weighted by atomic mass is 16.6. The number of hydrogen-bond donors (Lipinski definition) is 4. The van der Waals surface area contributed by atoms with Gasteiger partial charge in [-0.25, -0.2) is 9.59 Å². The fourth-order valence-electron chi connectivity index (χ4n) is 3.20. The molecule has 4 N–H and O–H groups in total. The largest absolute Gasteiger partial charge is 0.444 e. The van der Waals surface area contributed by atoms with E-state index in [4.69, 9.17) is 9.47 Å². The Bertz CT molecular complexity index is 1290. The van der Waals surface area contributed by atoms with Crippen molar-refractivity contribution in [3.05, 3.63) is 56.6 Å². The second-order valence-corrected chi connectivity index (χ2v) is 10.8. The number of amides is 4. The van der Waals surface area contributed by atoms with Gasteiger partial charge in [0.1, 0.15) is 11.2 Å². The predicted molar refractivity (Wildman–Crippen MR) is 152 cm³/mol. The molecule has 0 spiro atoms. The van der Waals surface area contributed by atoms with Crippen molar-refractivity contribution in [3.8, 4) is 0 Å². The van der Waals surface area contributed by atoms with Crippen LogP contribution in [-0.2, 0) is 19.1 Å². The van der Waals surface area contributed by atoms with Crippen LogP contribution >= 0.6 is 0 Å². The summed E-state index contributed by atoms with van der Waals surface area (Å²) in [7, 11) is 0. The molecule has 0 unspecified atom stereocenters. The first-order valence-corrected chi connectivity index (χ1v) is 12.5. The Morgan fingerprint density at radius 3 is 1.24 bits per heavy atom. The summed E-state index contributed by atoms with van der Waals surface area (Å²) in [6.07, 6.45) is -2.51. The van der Waals surface area contributed by atoms with E-state index in [9.17, 15) is 39.4 Å². The number of nitrogens with zero attached hydrogens (tertiary/aromatic N) is 2. The minimum Gasteiger partial charge on any atom is -0.444 e. The number of nitro benzene ring substituents is 2. The number of anilines is 4. The minimum absolute atomic E-state index is 0.0242. The number of hydrogen-bond acceptors (Lipinski definition) is 10. The summed E-state index contributed by atoms with van der Waals surface area (Å²) in [5, 5.41) is 32.1. The van der Waals surface area contributed by atoms with E-state index in [-0.39, 0.29) is 47.0 Å². The lowest BCUT2D eigenvalue weighted by atomic mass is 10.2. The first kappa shape index (κ1) is 32.9. The van der Waals surface area contributed by atoms with Gasteiger partial charge >= 0.3 is 12.2 Å². The van der Waals surface area contributed by atoms with Crippen LogP contribution in [0.15, 0.2) is 36.4 Å². The number of carbonyl (C=O) groups is 4. The van der Waals surface area contributed by atoms with Gasteiger partial charge in [0.25, 0.3) is 11.4 Å². The maximum absolute atomic E-state index is 12.6. The van der Waals surface area contributed by atoms with Crippen LogP contribution in [0.2, 0.25) is 0 Å². The molecule has 0 aliphatic rings. The topological polar surface area (TPSA) is 221 Å². The first-order chi connectivity index (χ1) is 19.3. The lowest BCUT2D eigenvalue weighted by Crippen LogP contribution is -2.28. The highest BCUT2D eigenvalue weighted by Crippen LogP contribution is 2.29. The summed E-state index contributed by atoms with van der Waals surface area (Å²) in [5.74, 6) is -1.33. The summed E-state index contributed by atoms with van der Waals surface area (Å²) in [4.78, 5) is 70.7.